The van der Waals surface area contributed by atoms with Crippen molar-refractivity contribution in [2.75, 3.05) is 18.0 Å². The fraction of sp³-hybridized carbons (Fsp3) is 0.286. The minimum absolute atomic E-state index is 0.160. The monoisotopic (exact) mass is 490 g/mol. The maximum atomic E-state index is 12.9. The van der Waals surface area contributed by atoms with Crippen LogP contribution < -0.4 is 10.2 Å². The SMILES string of the molecule is Cc1cnc(CNC(=O)c2sc(N3CCN(Cc4ccc(Cl)c(Cl)c4)C3=O)nc2C)cn1. The largest absolute Gasteiger partial charge is 0.346 e. The number of hydrogen-bond acceptors (Lipinski definition) is 6. The molecule has 1 saturated heterocycles. The van der Waals surface area contributed by atoms with Crippen LogP contribution in [0, 0.1) is 13.8 Å². The van der Waals surface area contributed by atoms with Crippen LogP contribution in [0.2, 0.25) is 10.0 Å². The zero-order valence-electron chi connectivity index (χ0n) is 17.4. The van der Waals surface area contributed by atoms with E-state index < -0.39 is 0 Å². The highest BCUT2D eigenvalue weighted by Gasteiger charge is 2.32. The van der Waals surface area contributed by atoms with E-state index in [0.717, 1.165) is 11.3 Å². The van der Waals surface area contributed by atoms with Crippen molar-refractivity contribution in [1.29, 1.82) is 0 Å². The van der Waals surface area contributed by atoms with Crippen LogP contribution in [0.5, 0.6) is 0 Å². The number of hydrogen-bond donors (Lipinski definition) is 1. The van der Waals surface area contributed by atoms with Crippen molar-refractivity contribution >= 4 is 51.6 Å². The summed E-state index contributed by atoms with van der Waals surface area (Å²) in [5.74, 6) is -0.257. The first-order valence-corrected chi connectivity index (χ1v) is 11.4. The van der Waals surface area contributed by atoms with Gasteiger partial charge >= 0.3 is 6.03 Å². The summed E-state index contributed by atoms with van der Waals surface area (Å²) in [5.41, 5.74) is 2.95. The van der Waals surface area contributed by atoms with Gasteiger partial charge in [0, 0.05) is 25.8 Å². The van der Waals surface area contributed by atoms with Gasteiger partial charge in [-0.15, -0.1) is 0 Å². The molecule has 8 nitrogen and oxygen atoms in total. The lowest BCUT2D eigenvalue weighted by Crippen LogP contribution is -2.31. The first kappa shape index (κ1) is 22.4. The Labute approximate surface area is 199 Å². The Morgan fingerprint density at radius 1 is 1.16 bits per heavy atom. The molecule has 3 heterocycles. The molecule has 1 aromatic carbocycles. The Kier molecular flexibility index (Phi) is 6.59. The van der Waals surface area contributed by atoms with Crippen LogP contribution in [0.1, 0.15) is 32.3 Å². The fourth-order valence-electron chi connectivity index (χ4n) is 3.24. The molecule has 2 aromatic heterocycles. The van der Waals surface area contributed by atoms with Crippen LogP contribution in [-0.2, 0) is 13.1 Å². The number of aromatic nitrogens is 3. The van der Waals surface area contributed by atoms with E-state index >= 15 is 0 Å². The van der Waals surface area contributed by atoms with Gasteiger partial charge < -0.3 is 10.2 Å². The molecular weight excluding hydrogens is 471 g/mol. The zero-order chi connectivity index (χ0) is 22.8. The smallest absolute Gasteiger partial charge is 0.326 e. The van der Waals surface area contributed by atoms with Gasteiger partial charge in [0.25, 0.3) is 5.91 Å². The molecule has 0 unspecified atom stereocenters. The van der Waals surface area contributed by atoms with E-state index in [0.29, 0.717) is 51.1 Å². The van der Waals surface area contributed by atoms with Gasteiger partial charge in [-0.25, -0.2) is 9.78 Å². The molecule has 1 aliphatic rings. The molecule has 0 radical (unpaired) electrons. The molecule has 0 atom stereocenters. The predicted molar refractivity (Wildman–Crippen MR) is 124 cm³/mol. The lowest BCUT2D eigenvalue weighted by atomic mass is 10.2. The van der Waals surface area contributed by atoms with Gasteiger partial charge in [-0.2, -0.15) is 0 Å². The molecule has 0 saturated carbocycles. The number of nitrogens with one attached hydrogen (secondary N) is 1. The molecular formula is C21H20Cl2N6O2S. The highest BCUT2D eigenvalue weighted by molar-refractivity contribution is 7.17. The summed E-state index contributed by atoms with van der Waals surface area (Å²) in [4.78, 5) is 42.2. The van der Waals surface area contributed by atoms with E-state index in [2.05, 4.69) is 20.3 Å². The van der Waals surface area contributed by atoms with Crippen molar-refractivity contribution in [2.45, 2.75) is 26.9 Å². The third kappa shape index (κ3) is 4.85. The second kappa shape index (κ2) is 9.40. The summed E-state index contributed by atoms with van der Waals surface area (Å²) in [6, 6.07) is 5.16. The topological polar surface area (TPSA) is 91.3 Å². The van der Waals surface area contributed by atoms with Gasteiger partial charge in [-0.1, -0.05) is 40.6 Å². The second-order valence-corrected chi connectivity index (χ2v) is 9.14. The second-order valence-electron chi connectivity index (χ2n) is 7.35. The zero-order valence-corrected chi connectivity index (χ0v) is 19.8. The summed E-state index contributed by atoms with van der Waals surface area (Å²) in [6.45, 7) is 5.33. The van der Waals surface area contributed by atoms with Crippen LogP contribution >= 0.6 is 34.5 Å². The summed E-state index contributed by atoms with van der Waals surface area (Å²) in [6.07, 6.45) is 3.28. The van der Waals surface area contributed by atoms with Crippen molar-refractivity contribution in [3.63, 3.8) is 0 Å². The Morgan fingerprint density at radius 2 is 1.97 bits per heavy atom. The van der Waals surface area contributed by atoms with Crippen LogP contribution in [-0.4, -0.2) is 44.9 Å². The normalized spacial score (nSPS) is 13.7. The molecule has 0 spiro atoms. The minimum atomic E-state index is -0.257. The Balaban J connectivity index is 1.41. The number of amides is 3. The summed E-state index contributed by atoms with van der Waals surface area (Å²) in [7, 11) is 0. The van der Waals surface area contributed by atoms with Crippen molar-refractivity contribution < 1.29 is 9.59 Å². The van der Waals surface area contributed by atoms with Crippen LogP contribution in [0.4, 0.5) is 9.93 Å². The van der Waals surface area contributed by atoms with Gasteiger partial charge in [0.15, 0.2) is 5.13 Å². The van der Waals surface area contributed by atoms with Crippen LogP contribution in [0.3, 0.4) is 0 Å². The van der Waals surface area contributed by atoms with Gasteiger partial charge in [0.05, 0.1) is 39.9 Å². The summed E-state index contributed by atoms with van der Waals surface area (Å²) < 4.78 is 0. The Hall–Kier alpha value is -2.75. The highest BCUT2D eigenvalue weighted by atomic mass is 35.5. The van der Waals surface area contributed by atoms with Crippen LogP contribution in [0.25, 0.3) is 0 Å². The first-order valence-electron chi connectivity index (χ1n) is 9.85. The molecule has 1 fully saturated rings. The van der Waals surface area contributed by atoms with Crippen molar-refractivity contribution in [2.24, 2.45) is 0 Å². The molecule has 4 rings (SSSR count). The number of anilines is 1. The standard InChI is InChI=1S/C21H20Cl2N6O2S/c1-12-8-25-15(9-24-12)10-26-19(30)18-13(2)27-20(32-18)29-6-5-28(21(29)31)11-14-3-4-16(22)17(23)7-14/h3-4,7-9H,5-6,10-11H2,1-2H3,(H,26,30). The third-order valence-corrected chi connectivity index (χ3v) is 6.86. The fourth-order valence-corrected chi connectivity index (χ4v) is 4.56. The van der Waals surface area contributed by atoms with E-state index in [1.54, 1.807) is 41.2 Å². The molecule has 1 aliphatic heterocycles. The van der Waals surface area contributed by atoms with E-state index in [4.69, 9.17) is 23.2 Å². The van der Waals surface area contributed by atoms with Gasteiger partial charge in [-0.05, 0) is 31.5 Å². The lowest BCUT2D eigenvalue weighted by Gasteiger charge is -2.17. The molecule has 32 heavy (non-hydrogen) atoms. The quantitative estimate of drug-likeness (QED) is 0.558. The third-order valence-electron chi connectivity index (χ3n) is 4.94. The van der Waals surface area contributed by atoms with E-state index in [1.165, 1.54) is 11.3 Å². The van der Waals surface area contributed by atoms with Crippen LogP contribution in [0.15, 0.2) is 30.6 Å². The molecule has 1 N–H and O–H groups in total. The van der Waals surface area contributed by atoms with Crippen molar-refractivity contribution in [3.8, 4) is 0 Å². The maximum absolute atomic E-state index is 12.9. The summed E-state index contributed by atoms with van der Waals surface area (Å²) >= 11 is 13.3. The number of nitrogens with zero attached hydrogens (tertiary/aromatic N) is 5. The van der Waals surface area contributed by atoms with E-state index in [1.807, 2.05) is 13.0 Å². The summed E-state index contributed by atoms with van der Waals surface area (Å²) in [5, 5.41) is 4.27. The lowest BCUT2D eigenvalue weighted by molar-refractivity contribution is 0.0953. The Morgan fingerprint density at radius 3 is 2.69 bits per heavy atom. The number of carbonyl (C=O) groups excluding carboxylic acids is 2. The average Bonchev–Trinajstić information content (AvgIpc) is 3.32. The first-order chi connectivity index (χ1) is 15.3. The number of benzene rings is 1. The van der Waals surface area contributed by atoms with Crippen molar-refractivity contribution in [1.82, 2.24) is 25.2 Å². The van der Waals surface area contributed by atoms with Crippen molar-refractivity contribution in [3.05, 3.63) is 68.2 Å². The minimum Gasteiger partial charge on any atom is -0.346 e. The Bertz CT molecular complexity index is 1170. The molecule has 0 bridgehead atoms. The molecule has 3 aromatic rings. The number of halogens is 2. The number of thiazole rings is 1. The van der Waals surface area contributed by atoms with Gasteiger partial charge in [0.1, 0.15) is 4.88 Å². The highest BCUT2D eigenvalue weighted by Crippen LogP contribution is 2.30. The molecule has 166 valence electrons. The van der Waals surface area contributed by atoms with Gasteiger partial charge in [0.2, 0.25) is 0 Å². The molecule has 0 aliphatic carbocycles. The number of aryl methyl sites for hydroxylation is 2. The predicted octanol–water partition coefficient (Wildman–Crippen LogP) is 4.23. The molecule has 3 amide bonds. The maximum Gasteiger partial charge on any atom is 0.326 e. The number of rotatable bonds is 6. The number of urea groups is 1. The molecule has 11 heteroatoms. The number of carbonyl (C=O) groups is 2. The van der Waals surface area contributed by atoms with Gasteiger partial charge in [-0.3, -0.25) is 19.7 Å². The average molecular weight is 491 g/mol. The van der Waals surface area contributed by atoms with E-state index in [-0.39, 0.29) is 18.5 Å². The van der Waals surface area contributed by atoms with E-state index in [9.17, 15) is 9.59 Å².